The molecule has 98 valence electrons. The van der Waals surface area contributed by atoms with Gasteiger partial charge in [-0.25, -0.2) is 4.79 Å². The number of piperidine rings is 1. The lowest BCUT2D eigenvalue weighted by atomic mass is 9.82. The standard InChI is InChI=1S/C14H18BrNO2/c1-14(2)5-7-16(8-6-14)12-4-3-10(15)9-11(12)13(17)18/h3-4,9H,5-8H2,1-2H3,(H,17,18). The van der Waals surface area contributed by atoms with Gasteiger partial charge in [-0.1, -0.05) is 29.8 Å². The second-order valence-corrected chi connectivity index (χ2v) is 6.53. The molecule has 1 saturated heterocycles. The molecule has 1 aromatic rings. The molecule has 0 atom stereocenters. The predicted octanol–water partition coefficient (Wildman–Crippen LogP) is 3.77. The second kappa shape index (κ2) is 4.92. The molecular formula is C14H18BrNO2. The van der Waals surface area contributed by atoms with Crippen LogP contribution in [0.3, 0.4) is 0 Å². The number of nitrogens with zero attached hydrogens (tertiary/aromatic N) is 1. The molecule has 0 bridgehead atoms. The van der Waals surface area contributed by atoms with Gasteiger partial charge < -0.3 is 10.0 Å². The number of halogens is 1. The molecule has 1 aliphatic heterocycles. The molecule has 1 heterocycles. The van der Waals surface area contributed by atoms with Crippen LogP contribution in [0.4, 0.5) is 5.69 Å². The van der Waals surface area contributed by atoms with Crippen molar-refractivity contribution in [3.63, 3.8) is 0 Å². The van der Waals surface area contributed by atoms with Gasteiger partial charge in [0.15, 0.2) is 0 Å². The first-order chi connectivity index (χ1) is 8.39. The van der Waals surface area contributed by atoms with Crippen molar-refractivity contribution < 1.29 is 9.90 Å². The van der Waals surface area contributed by atoms with E-state index in [1.807, 2.05) is 12.1 Å². The molecule has 0 spiro atoms. The van der Waals surface area contributed by atoms with E-state index in [1.54, 1.807) is 6.07 Å². The summed E-state index contributed by atoms with van der Waals surface area (Å²) in [4.78, 5) is 13.5. The molecule has 18 heavy (non-hydrogen) atoms. The third-order valence-electron chi connectivity index (χ3n) is 3.65. The van der Waals surface area contributed by atoms with Gasteiger partial charge in [0.05, 0.1) is 11.3 Å². The summed E-state index contributed by atoms with van der Waals surface area (Å²) >= 11 is 3.32. The molecule has 1 fully saturated rings. The molecule has 2 rings (SSSR count). The van der Waals surface area contributed by atoms with E-state index in [2.05, 4.69) is 34.7 Å². The highest BCUT2D eigenvalue weighted by atomic mass is 79.9. The molecule has 1 N–H and O–H groups in total. The van der Waals surface area contributed by atoms with Gasteiger partial charge in [-0.2, -0.15) is 0 Å². The molecule has 0 amide bonds. The summed E-state index contributed by atoms with van der Waals surface area (Å²) in [5, 5.41) is 9.28. The number of carbonyl (C=O) groups is 1. The topological polar surface area (TPSA) is 40.5 Å². The molecule has 1 aromatic carbocycles. The molecule has 0 aromatic heterocycles. The number of hydrogen-bond donors (Lipinski definition) is 1. The van der Waals surface area contributed by atoms with Crippen LogP contribution in [0.15, 0.2) is 22.7 Å². The Labute approximate surface area is 116 Å². The average molecular weight is 312 g/mol. The van der Waals surface area contributed by atoms with E-state index in [9.17, 15) is 9.90 Å². The summed E-state index contributed by atoms with van der Waals surface area (Å²) in [5.74, 6) is -0.865. The third-order valence-corrected chi connectivity index (χ3v) is 4.14. The minimum atomic E-state index is -0.865. The van der Waals surface area contributed by atoms with Gasteiger partial charge in [0.25, 0.3) is 0 Å². The number of benzene rings is 1. The Morgan fingerprint density at radius 3 is 2.50 bits per heavy atom. The first-order valence-electron chi connectivity index (χ1n) is 6.17. The summed E-state index contributed by atoms with van der Waals surface area (Å²) in [6.45, 7) is 6.39. The van der Waals surface area contributed by atoms with Crippen LogP contribution < -0.4 is 4.90 Å². The first-order valence-corrected chi connectivity index (χ1v) is 6.96. The summed E-state index contributed by atoms with van der Waals surface area (Å²) in [6, 6.07) is 5.48. The normalized spacial score (nSPS) is 18.7. The van der Waals surface area contributed by atoms with Crippen LogP contribution in [0.2, 0.25) is 0 Å². The number of hydrogen-bond acceptors (Lipinski definition) is 2. The van der Waals surface area contributed by atoms with Crippen LogP contribution in [0, 0.1) is 5.41 Å². The fourth-order valence-corrected chi connectivity index (χ4v) is 2.67. The van der Waals surface area contributed by atoms with Crippen molar-refractivity contribution in [2.75, 3.05) is 18.0 Å². The zero-order valence-corrected chi connectivity index (χ0v) is 12.3. The maximum absolute atomic E-state index is 11.3. The quantitative estimate of drug-likeness (QED) is 0.903. The number of carboxylic acid groups (broad SMARTS) is 1. The van der Waals surface area contributed by atoms with Crippen LogP contribution in [-0.4, -0.2) is 24.2 Å². The Balaban J connectivity index is 2.26. The summed E-state index contributed by atoms with van der Waals surface area (Å²) < 4.78 is 0.806. The second-order valence-electron chi connectivity index (χ2n) is 5.62. The predicted molar refractivity (Wildman–Crippen MR) is 76.3 cm³/mol. The molecule has 3 nitrogen and oxygen atoms in total. The molecule has 1 aliphatic rings. The van der Waals surface area contributed by atoms with Crippen molar-refractivity contribution in [3.05, 3.63) is 28.2 Å². The fraction of sp³-hybridized carbons (Fsp3) is 0.500. The Bertz CT molecular complexity index is 461. The third kappa shape index (κ3) is 2.86. The minimum Gasteiger partial charge on any atom is -0.478 e. The average Bonchev–Trinajstić information content (AvgIpc) is 2.29. The maximum Gasteiger partial charge on any atom is 0.337 e. The Morgan fingerprint density at radius 2 is 1.94 bits per heavy atom. The van der Waals surface area contributed by atoms with Crippen molar-refractivity contribution in [3.8, 4) is 0 Å². The van der Waals surface area contributed by atoms with Crippen LogP contribution in [-0.2, 0) is 0 Å². The Kier molecular flexibility index (Phi) is 3.66. The lowest BCUT2D eigenvalue weighted by Gasteiger charge is -2.38. The molecule has 0 aliphatic carbocycles. The summed E-state index contributed by atoms with van der Waals surface area (Å²) in [5.41, 5.74) is 1.58. The lowest BCUT2D eigenvalue weighted by Crippen LogP contribution is -2.38. The number of aromatic carboxylic acids is 1. The molecule has 0 unspecified atom stereocenters. The molecular weight excluding hydrogens is 294 g/mol. The summed E-state index contributed by atoms with van der Waals surface area (Å²) in [6.07, 6.45) is 2.20. The van der Waals surface area contributed by atoms with Gasteiger partial charge in [-0.3, -0.25) is 0 Å². The molecule has 4 heteroatoms. The van der Waals surface area contributed by atoms with E-state index in [0.717, 1.165) is 36.1 Å². The van der Waals surface area contributed by atoms with Gasteiger partial charge in [0, 0.05) is 17.6 Å². The number of rotatable bonds is 2. The summed E-state index contributed by atoms with van der Waals surface area (Å²) in [7, 11) is 0. The van der Waals surface area contributed by atoms with Crippen molar-refractivity contribution in [1.82, 2.24) is 0 Å². The highest BCUT2D eigenvalue weighted by Gasteiger charge is 2.27. The number of anilines is 1. The van der Waals surface area contributed by atoms with Crippen LogP contribution in [0.5, 0.6) is 0 Å². The van der Waals surface area contributed by atoms with Crippen molar-refractivity contribution in [1.29, 1.82) is 0 Å². The van der Waals surface area contributed by atoms with E-state index in [1.165, 1.54) is 0 Å². The highest BCUT2D eigenvalue weighted by molar-refractivity contribution is 9.10. The maximum atomic E-state index is 11.3. The zero-order valence-electron chi connectivity index (χ0n) is 10.7. The monoisotopic (exact) mass is 311 g/mol. The first kappa shape index (κ1) is 13.4. The largest absolute Gasteiger partial charge is 0.478 e. The number of carboxylic acids is 1. The van der Waals surface area contributed by atoms with E-state index >= 15 is 0 Å². The van der Waals surface area contributed by atoms with Crippen LogP contribution in [0.25, 0.3) is 0 Å². The van der Waals surface area contributed by atoms with E-state index in [4.69, 9.17) is 0 Å². The SMILES string of the molecule is CC1(C)CCN(c2ccc(Br)cc2C(=O)O)CC1. The van der Waals surface area contributed by atoms with Gasteiger partial charge >= 0.3 is 5.97 Å². The van der Waals surface area contributed by atoms with E-state index < -0.39 is 5.97 Å². The van der Waals surface area contributed by atoms with Crippen molar-refractivity contribution in [2.45, 2.75) is 26.7 Å². The minimum absolute atomic E-state index is 0.370. The van der Waals surface area contributed by atoms with Gasteiger partial charge in [-0.05, 0) is 36.5 Å². The van der Waals surface area contributed by atoms with Gasteiger partial charge in [0.1, 0.15) is 0 Å². The van der Waals surface area contributed by atoms with E-state index in [0.29, 0.717) is 11.0 Å². The highest BCUT2D eigenvalue weighted by Crippen LogP contribution is 2.34. The molecule has 0 saturated carbocycles. The van der Waals surface area contributed by atoms with Crippen molar-refractivity contribution >= 4 is 27.6 Å². The lowest BCUT2D eigenvalue weighted by molar-refractivity contribution is 0.0697. The zero-order chi connectivity index (χ0) is 13.3. The van der Waals surface area contributed by atoms with Gasteiger partial charge in [-0.15, -0.1) is 0 Å². The Hall–Kier alpha value is -1.03. The smallest absolute Gasteiger partial charge is 0.337 e. The fourth-order valence-electron chi connectivity index (χ4n) is 2.31. The van der Waals surface area contributed by atoms with Crippen LogP contribution >= 0.6 is 15.9 Å². The van der Waals surface area contributed by atoms with E-state index in [-0.39, 0.29) is 0 Å². The van der Waals surface area contributed by atoms with Gasteiger partial charge in [0.2, 0.25) is 0 Å². The Morgan fingerprint density at radius 1 is 1.33 bits per heavy atom. The molecule has 0 radical (unpaired) electrons. The van der Waals surface area contributed by atoms with Crippen LogP contribution in [0.1, 0.15) is 37.0 Å². The van der Waals surface area contributed by atoms with Crippen molar-refractivity contribution in [2.24, 2.45) is 5.41 Å².